The summed E-state index contributed by atoms with van der Waals surface area (Å²) in [6.45, 7) is 6.98. The summed E-state index contributed by atoms with van der Waals surface area (Å²) in [6, 6.07) is 19.1. The zero-order chi connectivity index (χ0) is 24.4. The molecule has 7 nitrogen and oxygen atoms in total. The molecule has 0 radical (unpaired) electrons. The highest BCUT2D eigenvalue weighted by molar-refractivity contribution is 7.58. The van der Waals surface area contributed by atoms with Crippen LogP contribution in [0.15, 0.2) is 60.7 Å². The van der Waals surface area contributed by atoms with E-state index in [-0.39, 0.29) is 29.6 Å². The van der Waals surface area contributed by atoms with Crippen molar-refractivity contribution in [1.29, 1.82) is 0 Å². The zero-order valence-corrected chi connectivity index (χ0v) is 21.7. The highest BCUT2D eigenvalue weighted by Crippen LogP contribution is 2.49. The van der Waals surface area contributed by atoms with E-state index < -0.39 is 26.4 Å². The Kier molecular flexibility index (Phi) is 14.3. The average Bonchev–Trinajstić information content (AvgIpc) is 2.77. The summed E-state index contributed by atoms with van der Waals surface area (Å²) in [4.78, 5) is 19.4. The summed E-state index contributed by atoms with van der Waals surface area (Å²) >= 11 is 0. The summed E-state index contributed by atoms with van der Waals surface area (Å²) in [7, 11) is -6.90. The minimum absolute atomic E-state index is 0. The third-order valence-corrected chi connectivity index (χ3v) is 9.72. The van der Waals surface area contributed by atoms with Crippen LogP contribution in [0.5, 0.6) is 0 Å². The van der Waals surface area contributed by atoms with Crippen LogP contribution in [0, 0.1) is 11.8 Å². The van der Waals surface area contributed by atoms with Gasteiger partial charge < -0.3 is 25.5 Å². The van der Waals surface area contributed by atoms with Gasteiger partial charge in [0, 0.05) is 12.3 Å². The van der Waals surface area contributed by atoms with Crippen LogP contribution in [0.2, 0.25) is 0 Å². The van der Waals surface area contributed by atoms with E-state index in [0.717, 1.165) is 11.1 Å². The molecular formula is C24H40O7P2. The van der Waals surface area contributed by atoms with Gasteiger partial charge in [-0.2, -0.15) is 0 Å². The van der Waals surface area contributed by atoms with Crippen molar-refractivity contribution in [3.63, 3.8) is 0 Å². The summed E-state index contributed by atoms with van der Waals surface area (Å²) in [5.74, 6) is -2.61. The van der Waals surface area contributed by atoms with E-state index in [9.17, 15) is 29.1 Å². The normalized spacial score (nSPS) is 16.5. The van der Waals surface area contributed by atoms with Gasteiger partial charge in [0.15, 0.2) is 0 Å². The molecule has 2 aromatic carbocycles. The van der Waals surface area contributed by atoms with Gasteiger partial charge in [-0.1, -0.05) is 88.4 Å². The van der Waals surface area contributed by atoms with E-state index in [2.05, 4.69) is 0 Å². The van der Waals surface area contributed by atoms with Crippen molar-refractivity contribution in [2.75, 3.05) is 12.3 Å². The predicted octanol–water partition coefficient (Wildman–Crippen LogP) is 4.12. The maximum Gasteiger partial charge on any atom is 0.228 e. The van der Waals surface area contributed by atoms with E-state index in [4.69, 9.17) is 0 Å². The number of hydrogen-bond donors (Lipinski definition) is 4. The van der Waals surface area contributed by atoms with Gasteiger partial charge in [-0.15, -0.1) is 0 Å². The van der Waals surface area contributed by atoms with Gasteiger partial charge in [0.25, 0.3) is 0 Å². The van der Waals surface area contributed by atoms with Gasteiger partial charge in [0.05, 0.1) is 0 Å². The fraction of sp³-hybridized carbons (Fsp3) is 0.500. The first-order valence-electron chi connectivity index (χ1n) is 10.9. The Balaban J connectivity index is 0.000000602. The molecule has 0 saturated carbocycles. The lowest BCUT2D eigenvalue weighted by molar-refractivity contribution is 0.183. The first kappa shape index (κ1) is 31.7. The van der Waals surface area contributed by atoms with Crippen molar-refractivity contribution in [2.45, 2.75) is 52.2 Å². The van der Waals surface area contributed by atoms with E-state index in [0.29, 0.717) is 12.8 Å². The van der Waals surface area contributed by atoms with Crippen LogP contribution in [0.3, 0.4) is 0 Å². The maximum absolute atomic E-state index is 11.8. The number of rotatable bonds is 10. The Morgan fingerprint density at radius 3 is 1.15 bits per heavy atom. The second-order valence-electron chi connectivity index (χ2n) is 8.74. The Morgan fingerprint density at radius 1 is 0.636 bits per heavy atom. The number of aryl methyl sites for hydroxylation is 2. The van der Waals surface area contributed by atoms with E-state index in [1.54, 1.807) is 27.7 Å². The van der Waals surface area contributed by atoms with Crippen molar-refractivity contribution in [3.05, 3.63) is 71.8 Å². The largest absolute Gasteiger partial charge is 0.412 e. The minimum Gasteiger partial charge on any atom is -0.412 e. The molecule has 0 aliphatic rings. The van der Waals surface area contributed by atoms with Crippen LogP contribution in [0.1, 0.15) is 38.8 Å². The fourth-order valence-corrected chi connectivity index (χ4v) is 6.61. The van der Waals surface area contributed by atoms with Crippen molar-refractivity contribution >= 4 is 14.7 Å². The van der Waals surface area contributed by atoms with Crippen LogP contribution < -0.4 is 0 Å². The molecule has 9 heteroatoms. The standard InChI is InChI=1S/2C12H19O3P.H2O/c2*1-10(2)12(13)16(14,15)9-8-11-6-4-3-5-7-11;/h2*3-7,10,12-13H,8-9H2,1-2H3,(H,14,15);1H2. The van der Waals surface area contributed by atoms with Gasteiger partial charge in [0.1, 0.15) is 11.7 Å². The molecule has 0 amide bonds. The number of aliphatic hydroxyl groups excluding tert-OH is 2. The molecule has 6 N–H and O–H groups in total. The highest BCUT2D eigenvalue weighted by atomic mass is 31.2. The summed E-state index contributed by atoms with van der Waals surface area (Å²) in [6.07, 6.45) is 1.32. The molecule has 4 atom stereocenters. The second-order valence-corrected chi connectivity index (χ2v) is 13.7. The third kappa shape index (κ3) is 11.6. The fourth-order valence-electron chi connectivity index (χ4n) is 3.06. The van der Waals surface area contributed by atoms with Crippen LogP contribution in [-0.4, -0.2) is 49.5 Å². The van der Waals surface area contributed by atoms with Gasteiger partial charge in [-0.3, -0.25) is 9.13 Å². The van der Waals surface area contributed by atoms with Crippen LogP contribution >= 0.6 is 14.7 Å². The van der Waals surface area contributed by atoms with Gasteiger partial charge in [0.2, 0.25) is 14.7 Å². The molecule has 0 aromatic heterocycles. The molecule has 0 fully saturated rings. The van der Waals surface area contributed by atoms with Crippen LogP contribution in [0.4, 0.5) is 0 Å². The average molecular weight is 503 g/mol. The van der Waals surface area contributed by atoms with Crippen molar-refractivity contribution in [3.8, 4) is 0 Å². The zero-order valence-electron chi connectivity index (χ0n) is 19.9. The number of aliphatic hydroxyl groups is 2. The Bertz CT molecular complexity index is 799. The molecule has 0 spiro atoms. The lowest BCUT2D eigenvalue weighted by Gasteiger charge is -2.21. The Morgan fingerprint density at radius 2 is 0.909 bits per heavy atom. The lowest BCUT2D eigenvalue weighted by Crippen LogP contribution is -2.17. The first-order valence-corrected chi connectivity index (χ1v) is 14.8. The quantitative estimate of drug-likeness (QED) is 0.359. The highest BCUT2D eigenvalue weighted by Gasteiger charge is 2.31. The Labute approximate surface area is 197 Å². The van der Waals surface area contributed by atoms with Gasteiger partial charge in [-0.25, -0.2) is 0 Å². The molecule has 33 heavy (non-hydrogen) atoms. The van der Waals surface area contributed by atoms with Crippen molar-refractivity contribution in [2.24, 2.45) is 11.8 Å². The monoisotopic (exact) mass is 502 g/mol. The molecule has 0 aliphatic carbocycles. The Hall–Kier alpha value is -1.30. The van der Waals surface area contributed by atoms with Crippen LogP contribution in [0.25, 0.3) is 0 Å². The summed E-state index contributed by atoms with van der Waals surface area (Å²) < 4.78 is 23.7. The van der Waals surface area contributed by atoms with Crippen LogP contribution in [-0.2, 0) is 22.0 Å². The molecule has 188 valence electrons. The topological polar surface area (TPSA) is 147 Å². The van der Waals surface area contributed by atoms with Gasteiger partial charge in [-0.05, 0) is 35.8 Å². The van der Waals surface area contributed by atoms with Gasteiger partial charge >= 0.3 is 0 Å². The van der Waals surface area contributed by atoms with E-state index in [1.807, 2.05) is 60.7 Å². The predicted molar refractivity (Wildman–Crippen MR) is 135 cm³/mol. The molecule has 2 rings (SSSR count). The first-order chi connectivity index (χ1) is 14.9. The number of hydrogen-bond acceptors (Lipinski definition) is 4. The smallest absolute Gasteiger partial charge is 0.228 e. The molecule has 2 aromatic rings. The maximum atomic E-state index is 11.8. The second kappa shape index (κ2) is 14.9. The van der Waals surface area contributed by atoms with E-state index in [1.165, 1.54) is 0 Å². The SMILES string of the molecule is CC(C)C(O)P(=O)(O)CCc1ccccc1.CC(C)C(O)P(=O)(O)CCc1ccccc1.O. The summed E-state index contributed by atoms with van der Waals surface area (Å²) in [5.41, 5.74) is 2.04. The lowest BCUT2D eigenvalue weighted by atomic mass is 10.2. The molecule has 0 saturated heterocycles. The molecule has 0 heterocycles. The minimum atomic E-state index is -3.45. The van der Waals surface area contributed by atoms with E-state index >= 15 is 0 Å². The third-order valence-electron chi connectivity index (χ3n) is 5.15. The summed E-state index contributed by atoms with van der Waals surface area (Å²) in [5, 5.41) is 19.2. The molecule has 4 unspecified atom stereocenters. The number of benzene rings is 2. The van der Waals surface area contributed by atoms with Crippen molar-refractivity contribution in [1.82, 2.24) is 0 Å². The molecule has 0 aliphatic heterocycles. The molecular weight excluding hydrogens is 462 g/mol. The molecule has 0 bridgehead atoms. The van der Waals surface area contributed by atoms with Crippen molar-refractivity contribution < 1.29 is 34.6 Å².